The van der Waals surface area contributed by atoms with Gasteiger partial charge in [-0.25, -0.2) is 4.79 Å². The van der Waals surface area contributed by atoms with Gasteiger partial charge in [-0.05, 0) is 24.6 Å². The van der Waals surface area contributed by atoms with Crippen LogP contribution in [0, 0.1) is 0 Å². The molecule has 6 heteroatoms. The summed E-state index contributed by atoms with van der Waals surface area (Å²) >= 11 is 0. The topological polar surface area (TPSA) is 110 Å². The van der Waals surface area contributed by atoms with Crippen molar-refractivity contribution in [3.63, 3.8) is 0 Å². The van der Waals surface area contributed by atoms with Gasteiger partial charge in [-0.3, -0.25) is 4.79 Å². The molecule has 0 aromatic heterocycles. The van der Waals surface area contributed by atoms with Gasteiger partial charge >= 0.3 is 6.03 Å². The summed E-state index contributed by atoms with van der Waals surface area (Å²) < 4.78 is 0. The van der Waals surface area contributed by atoms with Crippen molar-refractivity contribution in [3.05, 3.63) is 29.8 Å². The van der Waals surface area contributed by atoms with Crippen LogP contribution in [0.5, 0.6) is 0 Å². The second-order valence-corrected chi connectivity index (χ2v) is 3.68. The van der Waals surface area contributed by atoms with Crippen LogP contribution in [-0.4, -0.2) is 18.5 Å². The first-order chi connectivity index (χ1) is 7.99. The lowest BCUT2D eigenvalue weighted by atomic mass is 10.1. The number of primary amides is 2. The van der Waals surface area contributed by atoms with E-state index in [4.69, 9.17) is 11.5 Å². The first-order valence-electron chi connectivity index (χ1n) is 5.17. The monoisotopic (exact) mass is 236 g/mol. The number of carbonyl (C=O) groups is 2. The quantitative estimate of drug-likeness (QED) is 0.590. The van der Waals surface area contributed by atoms with Gasteiger partial charge in [0, 0.05) is 11.7 Å². The fourth-order valence-corrected chi connectivity index (χ4v) is 1.37. The van der Waals surface area contributed by atoms with Crippen LogP contribution in [0.25, 0.3) is 0 Å². The van der Waals surface area contributed by atoms with Crippen molar-refractivity contribution in [2.45, 2.75) is 13.0 Å². The van der Waals surface area contributed by atoms with Crippen molar-refractivity contribution in [3.8, 4) is 0 Å². The standard InChI is InChI=1S/C11H16N4O2/c1-7(14-6-10(12)16)8-2-4-9(5-3-8)15-11(13)17/h2-5,7,14H,6H2,1H3,(H2,12,16)(H3,13,15,17). The molecule has 3 amide bonds. The smallest absolute Gasteiger partial charge is 0.316 e. The summed E-state index contributed by atoms with van der Waals surface area (Å²) in [6.45, 7) is 2.04. The van der Waals surface area contributed by atoms with Gasteiger partial charge in [-0.1, -0.05) is 12.1 Å². The highest BCUT2D eigenvalue weighted by molar-refractivity contribution is 5.87. The number of amides is 3. The van der Waals surface area contributed by atoms with Gasteiger partial charge in [0.05, 0.1) is 6.54 Å². The van der Waals surface area contributed by atoms with Gasteiger partial charge in [-0.15, -0.1) is 0 Å². The Morgan fingerprint density at radius 2 is 1.82 bits per heavy atom. The molecule has 1 rings (SSSR count). The number of nitrogens with two attached hydrogens (primary N) is 2. The summed E-state index contributed by atoms with van der Waals surface area (Å²) in [5.74, 6) is -0.399. The number of nitrogens with one attached hydrogen (secondary N) is 2. The Bertz CT molecular complexity index is 402. The highest BCUT2D eigenvalue weighted by atomic mass is 16.2. The van der Waals surface area contributed by atoms with Crippen molar-refractivity contribution >= 4 is 17.6 Å². The molecule has 1 atom stereocenters. The first kappa shape index (κ1) is 13.0. The van der Waals surface area contributed by atoms with E-state index in [1.807, 2.05) is 19.1 Å². The third-order valence-electron chi connectivity index (χ3n) is 2.26. The van der Waals surface area contributed by atoms with E-state index in [2.05, 4.69) is 10.6 Å². The summed E-state index contributed by atoms with van der Waals surface area (Å²) in [6.07, 6.45) is 0. The van der Waals surface area contributed by atoms with E-state index in [0.717, 1.165) is 5.56 Å². The van der Waals surface area contributed by atoms with E-state index in [9.17, 15) is 9.59 Å². The van der Waals surface area contributed by atoms with Gasteiger partial charge in [0.15, 0.2) is 0 Å². The first-order valence-corrected chi connectivity index (χ1v) is 5.17. The van der Waals surface area contributed by atoms with Crippen LogP contribution >= 0.6 is 0 Å². The Morgan fingerprint density at radius 1 is 1.24 bits per heavy atom. The van der Waals surface area contributed by atoms with Gasteiger partial charge < -0.3 is 22.1 Å². The summed E-state index contributed by atoms with van der Waals surface area (Å²) in [7, 11) is 0. The normalized spacial score (nSPS) is 11.8. The van der Waals surface area contributed by atoms with Crippen LogP contribution in [0.15, 0.2) is 24.3 Å². The third kappa shape index (κ3) is 4.52. The number of anilines is 1. The highest BCUT2D eigenvalue weighted by Crippen LogP contribution is 2.15. The minimum absolute atomic E-state index is 0.00475. The molecule has 0 saturated heterocycles. The Morgan fingerprint density at radius 3 is 2.29 bits per heavy atom. The molecule has 6 N–H and O–H groups in total. The zero-order valence-corrected chi connectivity index (χ0v) is 9.57. The maximum absolute atomic E-state index is 10.6. The molecular weight excluding hydrogens is 220 g/mol. The number of hydrogen-bond donors (Lipinski definition) is 4. The molecule has 1 unspecified atom stereocenters. The van der Waals surface area contributed by atoms with E-state index < -0.39 is 11.9 Å². The van der Waals surface area contributed by atoms with Crippen molar-refractivity contribution in [2.75, 3.05) is 11.9 Å². The maximum atomic E-state index is 10.6. The fourth-order valence-electron chi connectivity index (χ4n) is 1.37. The Kier molecular flexibility index (Phi) is 4.47. The van der Waals surface area contributed by atoms with E-state index in [1.165, 1.54) is 0 Å². The van der Waals surface area contributed by atoms with Crippen LogP contribution in [0.3, 0.4) is 0 Å². The van der Waals surface area contributed by atoms with E-state index in [1.54, 1.807) is 12.1 Å². The van der Waals surface area contributed by atoms with Gasteiger partial charge in [0.1, 0.15) is 0 Å². The molecule has 0 fully saturated rings. The molecular formula is C11H16N4O2. The van der Waals surface area contributed by atoms with E-state index >= 15 is 0 Å². The highest BCUT2D eigenvalue weighted by Gasteiger charge is 2.06. The molecule has 0 aliphatic heterocycles. The molecule has 0 spiro atoms. The molecule has 1 aromatic carbocycles. The molecule has 0 bridgehead atoms. The predicted molar refractivity (Wildman–Crippen MR) is 65.3 cm³/mol. The molecule has 6 nitrogen and oxygen atoms in total. The number of rotatable bonds is 5. The van der Waals surface area contributed by atoms with Crippen LogP contribution in [0.1, 0.15) is 18.5 Å². The fraction of sp³-hybridized carbons (Fsp3) is 0.273. The minimum Gasteiger partial charge on any atom is -0.369 e. The number of hydrogen-bond acceptors (Lipinski definition) is 3. The Hall–Kier alpha value is -2.08. The molecule has 92 valence electrons. The largest absolute Gasteiger partial charge is 0.369 e. The second-order valence-electron chi connectivity index (χ2n) is 3.68. The minimum atomic E-state index is -0.599. The average Bonchev–Trinajstić information content (AvgIpc) is 2.26. The lowest BCUT2D eigenvalue weighted by molar-refractivity contribution is -0.117. The van der Waals surface area contributed by atoms with Crippen LogP contribution in [-0.2, 0) is 4.79 Å². The van der Waals surface area contributed by atoms with Gasteiger partial charge in [0.2, 0.25) is 5.91 Å². The van der Waals surface area contributed by atoms with Gasteiger partial charge in [-0.2, -0.15) is 0 Å². The molecule has 0 aliphatic carbocycles. The SMILES string of the molecule is CC(NCC(N)=O)c1ccc(NC(N)=O)cc1. The van der Waals surface area contributed by atoms with Crippen LogP contribution in [0.2, 0.25) is 0 Å². The molecule has 17 heavy (non-hydrogen) atoms. The summed E-state index contributed by atoms with van der Waals surface area (Å²) in [6, 6.07) is 6.56. The van der Waals surface area contributed by atoms with Crippen LogP contribution < -0.4 is 22.1 Å². The Labute approximate surface area is 99.4 Å². The Balaban J connectivity index is 2.60. The molecule has 1 aromatic rings. The second kappa shape index (κ2) is 5.86. The van der Waals surface area contributed by atoms with Gasteiger partial charge in [0.25, 0.3) is 0 Å². The zero-order chi connectivity index (χ0) is 12.8. The lowest BCUT2D eigenvalue weighted by Gasteiger charge is -2.13. The maximum Gasteiger partial charge on any atom is 0.316 e. The number of benzene rings is 1. The van der Waals surface area contributed by atoms with Crippen molar-refractivity contribution in [1.82, 2.24) is 5.32 Å². The number of carbonyl (C=O) groups excluding carboxylic acids is 2. The summed E-state index contributed by atoms with van der Waals surface area (Å²) in [5, 5.41) is 5.44. The van der Waals surface area contributed by atoms with E-state index in [0.29, 0.717) is 5.69 Å². The summed E-state index contributed by atoms with van der Waals surface area (Å²) in [5.41, 5.74) is 11.6. The van der Waals surface area contributed by atoms with E-state index in [-0.39, 0.29) is 12.6 Å². The lowest BCUT2D eigenvalue weighted by Crippen LogP contribution is -2.30. The summed E-state index contributed by atoms with van der Waals surface area (Å²) in [4.78, 5) is 21.2. The molecule has 0 heterocycles. The van der Waals surface area contributed by atoms with Crippen molar-refractivity contribution < 1.29 is 9.59 Å². The zero-order valence-electron chi connectivity index (χ0n) is 9.57. The number of urea groups is 1. The van der Waals surface area contributed by atoms with Crippen molar-refractivity contribution in [1.29, 1.82) is 0 Å². The van der Waals surface area contributed by atoms with Crippen LogP contribution in [0.4, 0.5) is 10.5 Å². The molecule has 0 aliphatic rings. The predicted octanol–water partition coefficient (Wildman–Crippen LogP) is 0.313. The molecule has 0 saturated carbocycles. The molecule has 0 radical (unpaired) electrons. The average molecular weight is 236 g/mol. The van der Waals surface area contributed by atoms with Crippen molar-refractivity contribution in [2.24, 2.45) is 11.5 Å². The third-order valence-corrected chi connectivity index (χ3v) is 2.26.